The van der Waals surface area contributed by atoms with Crippen LogP contribution in [0.1, 0.15) is 18.4 Å². The SMILES string of the molecule is CN(C)CCCCNCc1ccc(F)c(F)c1. The number of nitrogens with zero attached hydrogens (tertiary/aromatic N) is 1. The summed E-state index contributed by atoms with van der Waals surface area (Å²) in [5.41, 5.74) is 0.775. The Morgan fingerprint density at radius 1 is 1.12 bits per heavy atom. The van der Waals surface area contributed by atoms with Crippen LogP contribution in [0, 0.1) is 11.6 Å². The highest BCUT2D eigenvalue weighted by Gasteiger charge is 2.01. The monoisotopic (exact) mass is 242 g/mol. The summed E-state index contributed by atoms with van der Waals surface area (Å²) >= 11 is 0. The van der Waals surface area contributed by atoms with Crippen molar-refractivity contribution in [1.82, 2.24) is 10.2 Å². The molecule has 0 heterocycles. The summed E-state index contributed by atoms with van der Waals surface area (Å²) in [4.78, 5) is 2.15. The van der Waals surface area contributed by atoms with Gasteiger partial charge in [0.15, 0.2) is 11.6 Å². The smallest absolute Gasteiger partial charge is 0.159 e. The fourth-order valence-electron chi connectivity index (χ4n) is 1.56. The molecule has 1 N–H and O–H groups in total. The first-order valence-corrected chi connectivity index (χ1v) is 5.89. The molecule has 0 saturated carbocycles. The summed E-state index contributed by atoms with van der Waals surface area (Å²) in [6, 6.07) is 4.01. The van der Waals surface area contributed by atoms with E-state index in [0.29, 0.717) is 6.54 Å². The first-order valence-electron chi connectivity index (χ1n) is 5.89. The maximum absolute atomic E-state index is 12.9. The maximum Gasteiger partial charge on any atom is 0.159 e. The number of halogens is 2. The Balaban J connectivity index is 2.16. The van der Waals surface area contributed by atoms with E-state index in [1.54, 1.807) is 6.07 Å². The van der Waals surface area contributed by atoms with E-state index >= 15 is 0 Å². The lowest BCUT2D eigenvalue weighted by molar-refractivity contribution is 0.391. The third-order valence-corrected chi connectivity index (χ3v) is 2.52. The fourth-order valence-corrected chi connectivity index (χ4v) is 1.56. The minimum absolute atomic E-state index is 0.583. The van der Waals surface area contributed by atoms with Gasteiger partial charge in [-0.2, -0.15) is 0 Å². The summed E-state index contributed by atoms with van der Waals surface area (Å²) in [6.07, 6.45) is 2.22. The molecule has 2 nitrogen and oxygen atoms in total. The molecule has 17 heavy (non-hydrogen) atoms. The zero-order valence-corrected chi connectivity index (χ0v) is 10.5. The molecular formula is C13H20F2N2. The minimum atomic E-state index is -0.792. The topological polar surface area (TPSA) is 15.3 Å². The first-order chi connectivity index (χ1) is 8.09. The van der Waals surface area contributed by atoms with E-state index in [-0.39, 0.29) is 0 Å². The molecular weight excluding hydrogens is 222 g/mol. The molecule has 0 fully saturated rings. The molecule has 96 valence electrons. The van der Waals surface area contributed by atoms with Crippen molar-refractivity contribution in [3.8, 4) is 0 Å². The first kappa shape index (κ1) is 14.1. The van der Waals surface area contributed by atoms with Crippen molar-refractivity contribution in [1.29, 1.82) is 0 Å². The molecule has 0 radical (unpaired) electrons. The molecule has 1 aromatic rings. The quantitative estimate of drug-likeness (QED) is 0.739. The van der Waals surface area contributed by atoms with Crippen molar-refractivity contribution in [2.75, 3.05) is 27.2 Å². The van der Waals surface area contributed by atoms with E-state index in [9.17, 15) is 8.78 Å². The van der Waals surface area contributed by atoms with Crippen molar-refractivity contribution in [2.45, 2.75) is 19.4 Å². The van der Waals surface area contributed by atoms with Gasteiger partial charge in [-0.15, -0.1) is 0 Å². The molecule has 0 aliphatic carbocycles. The highest BCUT2D eigenvalue weighted by Crippen LogP contribution is 2.08. The van der Waals surface area contributed by atoms with Crippen LogP contribution in [0.4, 0.5) is 8.78 Å². The Labute approximate surface area is 102 Å². The van der Waals surface area contributed by atoms with E-state index < -0.39 is 11.6 Å². The van der Waals surface area contributed by atoms with Gasteiger partial charge in [0.25, 0.3) is 0 Å². The second kappa shape index (κ2) is 7.35. The fraction of sp³-hybridized carbons (Fsp3) is 0.538. The van der Waals surface area contributed by atoms with Crippen LogP contribution in [0.15, 0.2) is 18.2 Å². The van der Waals surface area contributed by atoms with Gasteiger partial charge in [0, 0.05) is 6.54 Å². The predicted molar refractivity (Wildman–Crippen MR) is 65.9 cm³/mol. The lowest BCUT2D eigenvalue weighted by Gasteiger charge is -2.09. The van der Waals surface area contributed by atoms with Gasteiger partial charge in [0.2, 0.25) is 0 Å². The van der Waals surface area contributed by atoms with Crippen LogP contribution in [-0.4, -0.2) is 32.1 Å². The Morgan fingerprint density at radius 3 is 2.53 bits per heavy atom. The lowest BCUT2D eigenvalue weighted by Crippen LogP contribution is -2.18. The van der Waals surface area contributed by atoms with Crippen molar-refractivity contribution in [2.24, 2.45) is 0 Å². The molecule has 0 aromatic heterocycles. The van der Waals surface area contributed by atoms with Gasteiger partial charge in [0.05, 0.1) is 0 Å². The van der Waals surface area contributed by atoms with Gasteiger partial charge < -0.3 is 10.2 Å². The van der Waals surface area contributed by atoms with E-state index in [1.165, 1.54) is 12.1 Å². The molecule has 0 aliphatic rings. The number of benzene rings is 1. The normalized spacial score (nSPS) is 11.1. The van der Waals surface area contributed by atoms with E-state index in [0.717, 1.165) is 31.5 Å². The second-order valence-electron chi connectivity index (χ2n) is 4.44. The van der Waals surface area contributed by atoms with Crippen molar-refractivity contribution in [3.05, 3.63) is 35.4 Å². The molecule has 4 heteroatoms. The predicted octanol–water partition coefficient (Wildman–Crippen LogP) is 2.40. The number of hydrogen-bond acceptors (Lipinski definition) is 2. The second-order valence-corrected chi connectivity index (χ2v) is 4.44. The van der Waals surface area contributed by atoms with Crippen LogP contribution in [0.25, 0.3) is 0 Å². The van der Waals surface area contributed by atoms with Crippen LogP contribution in [0.5, 0.6) is 0 Å². The van der Waals surface area contributed by atoms with E-state index in [2.05, 4.69) is 24.3 Å². The highest BCUT2D eigenvalue weighted by atomic mass is 19.2. The molecule has 1 rings (SSSR count). The third kappa shape index (κ3) is 5.75. The summed E-state index contributed by atoms with van der Waals surface area (Å²) in [6.45, 7) is 2.55. The van der Waals surface area contributed by atoms with Crippen molar-refractivity contribution < 1.29 is 8.78 Å². The van der Waals surface area contributed by atoms with Crippen LogP contribution in [-0.2, 0) is 6.54 Å². The summed E-state index contributed by atoms with van der Waals surface area (Å²) < 4.78 is 25.6. The molecule has 0 amide bonds. The van der Waals surface area contributed by atoms with Gasteiger partial charge in [-0.1, -0.05) is 6.07 Å². The summed E-state index contributed by atoms with van der Waals surface area (Å²) in [7, 11) is 4.10. The maximum atomic E-state index is 12.9. The number of rotatable bonds is 7. The highest BCUT2D eigenvalue weighted by molar-refractivity contribution is 5.17. The molecule has 0 atom stereocenters. The zero-order valence-electron chi connectivity index (χ0n) is 10.5. The lowest BCUT2D eigenvalue weighted by atomic mass is 10.2. The zero-order chi connectivity index (χ0) is 12.7. The number of hydrogen-bond donors (Lipinski definition) is 1. The molecule has 0 saturated heterocycles. The van der Waals surface area contributed by atoms with Crippen LogP contribution < -0.4 is 5.32 Å². The van der Waals surface area contributed by atoms with Crippen LogP contribution in [0.2, 0.25) is 0 Å². The minimum Gasteiger partial charge on any atom is -0.313 e. The Morgan fingerprint density at radius 2 is 1.88 bits per heavy atom. The third-order valence-electron chi connectivity index (χ3n) is 2.52. The van der Waals surface area contributed by atoms with Crippen molar-refractivity contribution in [3.63, 3.8) is 0 Å². The number of nitrogens with one attached hydrogen (secondary N) is 1. The van der Waals surface area contributed by atoms with Gasteiger partial charge in [0.1, 0.15) is 0 Å². The number of unbranched alkanes of at least 4 members (excludes halogenated alkanes) is 1. The molecule has 0 spiro atoms. The molecule has 0 bridgehead atoms. The molecule has 0 aliphatic heterocycles. The summed E-state index contributed by atoms with van der Waals surface area (Å²) in [5.74, 6) is -1.57. The van der Waals surface area contributed by atoms with Crippen LogP contribution >= 0.6 is 0 Å². The van der Waals surface area contributed by atoms with Crippen LogP contribution in [0.3, 0.4) is 0 Å². The van der Waals surface area contributed by atoms with E-state index in [4.69, 9.17) is 0 Å². The van der Waals surface area contributed by atoms with Gasteiger partial charge in [-0.25, -0.2) is 8.78 Å². The molecule has 0 unspecified atom stereocenters. The molecule has 1 aromatic carbocycles. The van der Waals surface area contributed by atoms with Gasteiger partial charge in [-0.05, 0) is 57.7 Å². The van der Waals surface area contributed by atoms with Gasteiger partial charge >= 0.3 is 0 Å². The van der Waals surface area contributed by atoms with Crippen molar-refractivity contribution >= 4 is 0 Å². The van der Waals surface area contributed by atoms with E-state index in [1.807, 2.05) is 0 Å². The average Bonchev–Trinajstić information content (AvgIpc) is 2.27. The largest absolute Gasteiger partial charge is 0.313 e. The summed E-state index contributed by atoms with van der Waals surface area (Å²) in [5, 5.41) is 3.21. The Bertz CT molecular complexity index is 340. The standard InChI is InChI=1S/C13H20F2N2/c1-17(2)8-4-3-7-16-10-11-5-6-12(14)13(15)9-11/h5-6,9,16H,3-4,7-8,10H2,1-2H3. The average molecular weight is 242 g/mol. The van der Waals surface area contributed by atoms with Gasteiger partial charge in [-0.3, -0.25) is 0 Å². The Kier molecular flexibility index (Phi) is 6.08. The Hall–Kier alpha value is -1.00.